The van der Waals surface area contributed by atoms with Crippen molar-refractivity contribution in [2.45, 2.75) is 30.9 Å². The zero-order chi connectivity index (χ0) is 16.9. The minimum atomic E-state index is 0.0145. The van der Waals surface area contributed by atoms with Crippen LogP contribution in [0.15, 0.2) is 29.3 Å². The normalized spacial score (nSPS) is 17.2. The molecular formula is C18H22N2O3S. The number of fused-ring (bicyclic) bond motifs is 1. The van der Waals surface area contributed by atoms with Crippen LogP contribution in [0.2, 0.25) is 0 Å². The SMILES string of the molecule is COc1ccc2c(C)cc(SCC(=O)NC[C@@H]3CCCO3)nc2c1. The third kappa shape index (κ3) is 4.19. The summed E-state index contributed by atoms with van der Waals surface area (Å²) in [6.07, 6.45) is 2.28. The Morgan fingerprint density at radius 2 is 2.33 bits per heavy atom. The Kier molecular flexibility index (Phi) is 5.58. The third-order valence-electron chi connectivity index (χ3n) is 4.10. The highest BCUT2D eigenvalue weighted by molar-refractivity contribution is 7.99. The number of thioether (sulfide) groups is 1. The van der Waals surface area contributed by atoms with E-state index in [-0.39, 0.29) is 12.0 Å². The highest BCUT2D eigenvalue weighted by Crippen LogP contribution is 2.26. The maximum atomic E-state index is 12.0. The number of hydrogen-bond acceptors (Lipinski definition) is 5. The average Bonchev–Trinajstić information content (AvgIpc) is 3.11. The molecule has 0 spiro atoms. The minimum absolute atomic E-state index is 0.0145. The summed E-state index contributed by atoms with van der Waals surface area (Å²) in [5.74, 6) is 1.15. The number of nitrogens with one attached hydrogen (secondary N) is 1. The monoisotopic (exact) mass is 346 g/mol. The Morgan fingerprint density at radius 3 is 3.08 bits per heavy atom. The molecule has 1 fully saturated rings. The number of ether oxygens (including phenoxy) is 2. The summed E-state index contributed by atoms with van der Waals surface area (Å²) in [5.41, 5.74) is 2.03. The molecule has 0 unspecified atom stereocenters. The molecule has 0 radical (unpaired) electrons. The molecule has 6 heteroatoms. The van der Waals surface area contributed by atoms with Crippen LogP contribution in [0.5, 0.6) is 5.75 Å². The molecule has 3 rings (SSSR count). The van der Waals surface area contributed by atoms with Gasteiger partial charge >= 0.3 is 0 Å². The van der Waals surface area contributed by atoms with Crippen molar-refractivity contribution in [3.8, 4) is 5.75 Å². The van der Waals surface area contributed by atoms with Crippen LogP contribution in [-0.4, -0.2) is 43.0 Å². The van der Waals surface area contributed by atoms with Gasteiger partial charge in [-0.15, -0.1) is 0 Å². The minimum Gasteiger partial charge on any atom is -0.497 e. The van der Waals surface area contributed by atoms with Crippen molar-refractivity contribution in [3.63, 3.8) is 0 Å². The van der Waals surface area contributed by atoms with Crippen molar-refractivity contribution in [1.29, 1.82) is 0 Å². The second kappa shape index (κ2) is 7.85. The fourth-order valence-corrected chi connectivity index (χ4v) is 3.58. The number of carbonyl (C=O) groups excluding carboxylic acids is 1. The van der Waals surface area contributed by atoms with Crippen LogP contribution in [0.4, 0.5) is 0 Å². The standard InChI is InChI=1S/C18H22N2O3S/c1-12-8-18(20-16-9-13(22-2)5-6-15(12)16)24-11-17(21)19-10-14-4-3-7-23-14/h5-6,8-9,14H,3-4,7,10-11H2,1-2H3,(H,19,21)/t14-/m0/s1. The lowest BCUT2D eigenvalue weighted by Gasteiger charge is -2.11. The molecule has 1 amide bonds. The number of methoxy groups -OCH3 is 1. The molecule has 0 bridgehead atoms. The first-order valence-electron chi connectivity index (χ1n) is 8.12. The van der Waals surface area contributed by atoms with Crippen molar-refractivity contribution in [2.75, 3.05) is 26.0 Å². The van der Waals surface area contributed by atoms with E-state index >= 15 is 0 Å². The molecule has 2 heterocycles. The summed E-state index contributed by atoms with van der Waals surface area (Å²) in [6.45, 7) is 3.46. The second-order valence-corrected chi connectivity index (χ2v) is 6.88. The van der Waals surface area contributed by atoms with E-state index in [4.69, 9.17) is 9.47 Å². The molecule has 5 nitrogen and oxygen atoms in total. The molecular weight excluding hydrogens is 324 g/mol. The average molecular weight is 346 g/mol. The van der Waals surface area contributed by atoms with E-state index in [2.05, 4.69) is 17.2 Å². The Morgan fingerprint density at radius 1 is 1.46 bits per heavy atom. The second-order valence-electron chi connectivity index (χ2n) is 5.89. The van der Waals surface area contributed by atoms with Gasteiger partial charge in [-0.3, -0.25) is 4.79 Å². The van der Waals surface area contributed by atoms with Crippen LogP contribution in [0.3, 0.4) is 0 Å². The van der Waals surface area contributed by atoms with Crippen LogP contribution >= 0.6 is 11.8 Å². The number of hydrogen-bond donors (Lipinski definition) is 1. The summed E-state index contributed by atoms with van der Waals surface area (Å²) in [6, 6.07) is 7.89. The first-order valence-corrected chi connectivity index (χ1v) is 9.11. The molecule has 1 aromatic carbocycles. The lowest BCUT2D eigenvalue weighted by Crippen LogP contribution is -2.32. The van der Waals surface area contributed by atoms with E-state index < -0.39 is 0 Å². The first kappa shape index (κ1) is 17.0. The fraction of sp³-hybridized carbons (Fsp3) is 0.444. The van der Waals surface area contributed by atoms with Crippen LogP contribution < -0.4 is 10.1 Å². The van der Waals surface area contributed by atoms with E-state index in [1.54, 1.807) is 7.11 Å². The summed E-state index contributed by atoms with van der Waals surface area (Å²) in [5, 5.41) is 4.88. The largest absolute Gasteiger partial charge is 0.497 e. The maximum absolute atomic E-state index is 12.0. The quantitative estimate of drug-likeness (QED) is 0.815. The first-order chi connectivity index (χ1) is 11.7. The summed E-state index contributed by atoms with van der Waals surface area (Å²) < 4.78 is 10.8. The Labute approximate surface area is 146 Å². The van der Waals surface area contributed by atoms with Gasteiger partial charge < -0.3 is 14.8 Å². The fourth-order valence-electron chi connectivity index (χ4n) is 2.78. The zero-order valence-corrected chi connectivity index (χ0v) is 14.8. The van der Waals surface area contributed by atoms with Gasteiger partial charge in [0.1, 0.15) is 5.75 Å². The maximum Gasteiger partial charge on any atom is 0.230 e. The van der Waals surface area contributed by atoms with Gasteiger partial charge in [-0.2, -0.15) is 0 Å². The molecule has 1 aliphatic rings. The van der Waals surface area contributed by atoms with Gasteiger partial charge in [-0.05, 0) is 43.5 Å². The predicted octanol–water partition coefficient (Wildman–Crippen LogP) is 2.94. The van der Waals surface area contributed by atoms with E-state index in [0.29, 0.717) is 12.3 Å². The number of pyridine rings is 1. The molecule has 1 atom stereocenters. The third-order valence-corrected chi connectivity index (χ3v) is 5.01. The molecule has 2 aromatic rings. The highest BCUT2D eigenvalue weighted by atomic mass is 32.2. The number of amides is 1. The highest BCUT2D eigenvalue weighted by Gasteiger charge is 2.16. The summed E-state index contributed by atoms with van der Waals surface area (Å²) >= 11 is 1.45. The van der Waals surface area contributed by atoms with Gasteiger partial charge in [0.2, 0.25) is 5.91 Å². The Balaban J connectivity index is 1.60. The Hall–Kier alpha value is -1.79. The van der Waals surface area contributed by atoms with Gasteiger partial charge in [0.25, 0.3) is 0 Å². The summed E-state index contributed by atoms with van der Waals surface area (Å²) in [4.78, 5) is 16.6. The van der Waals surface area contributed by atoms with Crippen LogP contribution in [-0.2, 0) is 9.53 Å². The zero-order valence-electron chi connectivity index (χ0n) is 14.0. The van der Waals surface area contributed by atoms with Crippen molar-refractivity contribution in [1.82, 2.24) is 10.3 Å². The lowest BCUT2D eigenvalue weighted by atomic mass is 10.1. The van der Waals surface area contributed by atoms with Crippen molar-refractivity contribution in [3.05, 3.63) is 29.8 Å². The number of aryl methyl sites for hydroxylation is 1. The molecule has 1 saturated heterocycles. The smallest absolute Gasteiger partial charge is 0.230 e. The lowest BCUT2D eigenvalue weighted by molar-refractivity contribution is -0.119. The molecule has 128 valence electrons. The van der Waals surface area contributed by atoms with E-state index in [1.165, 1.54) is 11.8 Å². The van der Waals surface area contributed by atoms with Gasteiger partial charge in [0.15, 0.2) is 0 Å². The number of aromatic nitrogens is 1. The van der Waals surface area contributed by atoms with Crippen LogP contribution in [0, 0.1) is 6.92 Å². The Bertz CT molecular complexity index is 730. The van der Waals surface area contributed by atoms with E-state index in [9.17, 15) is 4.79 Å². The van der Waals surface area contributed by atoms with Gasteiger partial charge in [0.05, 0.1) is 29.5 Å². The number of rotatable bonds is 6. The van der Waals surface area contributed by atoms with Crippen molar-refractivity contribution < 1.29 is 14.3 Å². The number of nitrogens with zero attached hydrogens (tertiary/aromatic N) is 1. The molecule has 1 N–H and O–H groups in total. The predicted molar refractivity (Wildman–Crippen MR) is 95.7 cm³/mol. The number of benzene rings is 1. The summed E-state index contributed by atoms with van der Waals surface area (Å²) in [7, 11) is 1.64. The molecule has 1 aromatic heterocycles. The molecule has 1 aliphatic heterocycles. The molecule has 0 aliphatic carbocycles. The van der Waals surface area contributed by atoms with Crippen LogP contribution in [0.1, 0.15) is 18.4 Å². The molecule has 24 heavy (non-hydrogen) atoms. The van der Waals surface area contributed by atoms with Crippen molar-refractivity contribution >= 4 is 28.6 Å². The van der Waals surface area contributed by atoms with Gasteiger partial charge in [-0.25, -0.2) is 4.98 Å². The van der Waals surface area contributed by atoms with Gasteiger partial charge in [-0.1, -0.05) is 11.8 Å². The van der Waals surface area contributed by atoms with E-state index in [1.807, 2.05) is 24.3 Å². The van der Waals surface area contributed by atoms with E-state index in [0.717, 1.165) is 46.7 Å². The molecule has 0 saturated carbocycles. The number of carbonyl (C=O) groups is 1. The van der Waals surface area contributed by atoms with Crippen LogP contribution in [0.25, 0.3) is 10.9 Å². The van der Waals surface area contributed by atoms with Gasteiger partial charge in [0, 0.05) is 24.6 Å². The topological polar surface area (TPSA) is 60.5 Å². The van der Waals surface area contributed by atoms with Crippen molar-refractivity contribution in [2.24, 2.45) is 0 Å².